The number of nitrogens with one attached hydrogen (secondary N) is 1. The van der Waals surface area contributed by atoms with Crippen LogP contribution in [-0.4, -0.2) is 34.5 Å². The summed E-state index contributed by atoms with van der Waals surface area (Å²) < 4.78 is 10.7. The highest BCUT2D eigenvalue weighted by Gasteiger charge is 2.02. The second-order valence-corrected chi connectivity index (χ2v) is 4.74. The summed E-state index contributed by atoms with van der Waals surface area (Å²) in [5, 5.41) is 2.67. The van der Waals surface area contributed by atoms with E-state index >= 15 is 0 Å². The molecule has 0 aromatic rings. The Morgan fingerprint density at radius 3 is 2.43 bits per heavy atom. The van der Waals surface area contributed by atoms with Gasteiger partial charge < -0.3 is 10.1 Å². The SMILES string of the molecule is CC(=O)CCC(=O)NCCCS(C)=O. The van der Waals surface area contributed by atoms with Crippen LogP contribution in [0.5, 0.6) is 0 Å². The average molecular weight is 219 g/mol. The van der Waals surface area contributed by atoms with Crippen molar-refractivity contribution in [3.05, 3.63) is 0 Å². The van der Waals surface area contributed by atoms with E-state index in [0.717, 1.165) is 6.42 Å². The maximum Gasteiger partial charge on any atom is 0.220 e. The standard InChI is InChI=1S/C9H17NO3S/c1-8(11)4-5-9(12)10-6-3-7-14(2)13/h3-7H2,1-2H3,(H,10,12). The Kier molecular flexibility index (Phi) is 7.28. The number of hydrogen-bond donors (Lipinski definition) is 1. The maximum absolute atomic E-state index is 11.1. The summed E-state index contributed by atoms with van der Waals surface area (Å²) in [6, 6.07) is 0. The highest BCUT2D eigenvalue weighted by atomic mass is 32.2. The maximum atomic E-state index is 11.1. The van der Waals surface area contributed by atoms with Crippen molar-refractivity contribution in [3.63, 3.8) is 0 Å². The Labute approximate surface area is 86.9 Å². The van der Waals surface area contributed by atoms with E-state index in [-0.39, 0.29) is 18.1 Å². The van der Waals surface area contributed by atoms with Gasteiger partial charge in [0.15, 0.2) is 0 Å². The van der Waals surface area contributed by atoms with Crippen molar-refractivity contribution in [3.8, 4) is 0 Å². The number of carbonyl (C=O) groups is 2. The molecule has 0 aromatic heterocycles. The minimum Gasteiger partial charge on any atom is -0.356 e. The molecule has 1 unspecified atom stereocenters. The van der Waals surface area contributed by atoms with E-state index in [4.69, 9.17) is 0 Å². The first-order valence-corrected chi connectivity index (χ1v) is 6.31. The van der Waals surface area contributed by atoms with Crippen LogP contribution in [0.4, 0.5) is 0 Å². The van der Waals surface area contributed by atoms with Gasteiger partial charge in [0.25, 0.3) is 0 Å². The predicted octanol–water partition coefficient (Wildman–Crippen LogP) is 0.240. The quantitative estimate of drug-likeness (QED) is 0.624. The van der Waals surface area contributed by atoms with Crippen molar-refractivity contribution in [2.75, 3.05) is 18.6 Å². The molecule has 1 atom stereocenters. The molecule has 0 aliphatic heterocycles. The van der Waals surface area contributed by atoms with Crippen LogP contribution in [0.25, 0.3) is 0 Å². The van der Waals surface area contributed by atoms with Gasteiger partial charge in [0, 0.05) is 42.2 Å². The van der Waals surface area contributed by atoms with Crippen LogP contribution in [0.15, 0.2) is 0 Å². The van der Waals surface area contributed by atoms with Crippen molar-refractivity contribution in [1.29, 1.82) is 0 Å². The van der Waals surface area contributed by atoms with E-state index in [2.05, 4.69) is 5.32 Å². The monoisotopic (exact) mass is 219 g/mol. The third-order valence-electron chi connectivity index (χ3n) is 1.63. The van der Waals surface area contributed by atoms with Gasteiger partial charge in [-0.05, 0) is 13.3 Å². The molecule has 1 N–H and O–H groups in total. The number of amides is 1. The number of rotatable bonds is 7. The first kappa shape index (κ1) is 13.3. The van der Waals surface area contributed by atoms with Crippen LogP contribution in [0.3, 0.4) is 0 Å². The summed E-state index contributed by atoms with van der Waals surface area (Å²) in [6.45, 7) is 2.00. The fourth-order valence-electron chi connectivity index (χ4n) is 0.881. The molecule has 0 heterocycles. The van der Waals surface area contributed by atoms with Crippen molar-refractivity contribution >= 4 is 22.5 Å². The topological polar surface area (TPSA) is 63.2 Å². The van der Waals surface area contributed by atoms with Crippen LogP contribution in [0.1, 0.15) is 26.2 Å². The summed E-state index contributed by atoms with van der Waals surface area (Å²) >= 11 is 0. The molecule has 0 rings (SSSR count). The Morgan fingerprint density at radius 2 is 1.93 bits per heavy atom. The lowest BCUT2D eigenvalue weighted by molar-refractivity contribution is -0.124. The molecule has 0 aliphatic rings. The molecule has 0 spiro atoms. The van der Waals surface area contributed by atoms with Gasteiger partial charge in [-0.1, -0.05) is 0 Å². The molecule has 0 aromatic carbocycles. The highest BCUT2D eigenvalue weighted by Crippen LogP contribution is 1.90. The van der Waals surface area contributed by atoms with Crippen LogP contribution in [-0.2, 0) is 20.4 Å². The van der Waals surface area contributed by atoms with Crippen LogP contribution in [0, 0.1) is 0 Å². The van der Waals surface area contributed by atoms with Crippen LogP contribution in [0.2, 0.25) is 0 Å². The molecular weight excluding hydrogens is 202 g/mol. The molecule has 1 amide bonds. The minimum absolute atomic E-state index is 0.0230. The smallest absolute Gasteiger partial charge is 0.220 e. The van der Waals surface area contributed by atoms with E-state index in [9.17, 15) is 13.8 Å². The van der Waals surface area contributed by atoms with Crippen molar-refractivity contribution < 1.29 is 13.8 Å². The van der Waals surface area contributed by atoms with Gasteiger partial charge in [0.1, 0.15) is 5.78 Å². The fraction of sp³-hybridized carbons (Fsp3) is 0.778. The van der Waals surface area contributed by atoms with E-state index in [1.807, 2.05) is 0 Å². The van der Waals surface area contributed by atoms with Crippen LogP contribution >= 0.6 is 0 Å². The lowest BCUT2D eigenvalue weighted by Crippen LogP contribution is -2.25. The van der Waals surface area contributed by atoms with Crippen molar-refractivity contribution in [2.45, 2.75) is 26.2 Å². The van der Waals surface area contributed by atoms with Gasteiger partial charge in [0.2, 0.25) is 5.91 Å². The molecule has 0 saturated carbocycles. The van der Waals surface area contributed by atoms with Gasteiger partial charge >= 0.3 is 0 Å². The molecule has 5 heteroatoms. The third-order valence-corrected chi connectivity index (χ3v) is 2.50. The molecule has 0 radical (unpaired) electrons. The summed E-state index contributed by atoms with van der Waals surface area (Å²) in [5.41, 5.74) is 0. The molecule has 82 valence electrons. The van der Waals surface area contributed by atoms with E-state index in [1.165, 1.54) is 6.92 Å². The highest BCUT2D eigenvalue weighted by molar-refractivity contribution is 7.84. The van der Waals surface area contributed by atoms with E-state index < -0.39 is 10.8 Å². The molecule has 0 aliphatic carbocycles. The van der Waals surface area contributed by atoms with Gasteiger partial charge in [-0.15, -0.1) is 0 Å². The minimum atomic E-state index is -0.797. The molecule has 0 bridgehead atoms. The largest absolute Gasteiger partial charge is 0.356 e. The average Bonchev–Trinajstić information content (AvgIpc) is 2.08. The third kappa shape index (κ3) is 9.38. The predicted molar refractivity (Wildman–Crippen MR) is 56.5 cm³/mol. The Hall–Kier alpha value is -0.710. The summed E-state index contributed by atoms with van der Waals surface area (Å²) in [5.74, 6) is 0.518. The number of ketones is 1. The molecule has 4 nitrogen and oxygen atoms in total. The molecular formula is C9H17NO3S. The van der Waals surface area contributed by atoms with Gasteiger partial charge in [0.05, 0.1) is 0 Å². The Morgan fingerprint density at radius 1 is 1.29 bits per heavy atom. The molecule has 0 fully saturated rings. The zero-order chi connectivity index (χ0) is 11.0. The zero-order valence-electron chi connectivity index (χ0n) is 8.67. The Balaban J connectivity index is 3.36. The van der Waals surface area contributed by atoms with Crippen molar-refractivity contribution in [2.24, 2.45) is 0 Å². The number of Topliss-reactive ketones (excluding diaryl/α,β-unsaturated/α-hetero) is 1. The fourth-order valence-corrected chi connectivity index (χ4v) is 1.43. The second-order valence-electron chi connectivity index (χ2n) is 3.18. The van der Waals surface area contributed by atoms with Gasteiger partial charge in [-0.3, -0.25) is 9.00 Å². The summed E-state index contributed by atoms with van der Waals surface area (Å²) in [6.07, 6.45) is 2.91. The van der Waals surface area contributed by atoms with Gasteiger partial charge in [-0.2, -0.15) is 0 Å². The number of hydrogen-bond acceptors (Lipinski definition) is 3. The first-order chi connectivity index (χ1) is 6.52. The Bertz CT molecular complexity index is 228. The van der Waals surface area contributed by atoms with Crippen molar-refractivity contribution in [1.82, 2.24) is 5.32 Å². The molecule has 14 heavy (non-hydrogen) atoms. The summed E-state index contributed by atoms with van der Waals surface area (Å²) in [4.78, 5) is 21.6. The van der Waals surface area contributed by atoms with E-state index in [1.54, 1.807) is 6.26 Å². The lowest BCUT2D eigenvalue weighted by Gasteiger charge is -2.02. The lowest BCUT2D eigenvalue weighted by atomic mass is 10.2. The molecule has 0 saturated heterocycles. The number of carbonyl (C=O) groups excluding carboxylic acids is 2. The van der Waals surface area contributed by atoms with E-state index in [0.29, 0.717) is 18.7 Å². The second kappa shape index (κ2) is 7.67. The summed E-state index contributed by atoms with van der Waals surface area (Å²) in [7, 11) is -0.797. The normalized spacial score (nSPS) is 12.1. The van der Waals surface area contributed by atoms with Gasteiger partial charge in [-0.25, -0.2) is 0 Å². The van der Waals surface area contributed by atoms with Crippen LogP contribution < -0.4 is 5.32 Å². The first-order valence-electron chi connectivity index (χ1n) is 4.58. The zero-order valence-corrected chi connectivity index (χ0v) is 9.49.